The number of likely N-dealkylation sites (tertiary alicyclic amines) is 1. The van der Waals surface area contributed by atoms with Gasteiger partial charge in [-0.3, -0.25) is 4.90 Å². The summed E-state index contributed by atoms with van der Waals surface area (Å²) in [6.07, 6.45) is 1.19. The lowest BCUT2D eigenvalue weighted by Crippen LogP contribution is -2.58. The molecule has 0 aromatic carbocycles. The van der Waals surface area contributed by atoms with E-state index in [4.69, 9.17) is 4.74 Å². The van der Waals surface area contributed by atoms with Crippen LogP contribution in [0, 0.1) is 5.92 Å². The average molecular weight is 171 g/mol. The Morgan fingerprint density at radius 3 is 2.58 bits per heavy atom. The molecule has 1 saturated heterocycles. The summed E-state index contributed by atoms with van der Waals surface area (Å²) in [7, 11) is 1.78. The molecule has 2 nitrogen and oxygen atoms in total. The van der Waals surface area contributed by atoms with Crippen LogP contribution in [0.1, 0.15) is 27.2 Å². The van der Waals surface area contributed by atoms with Crippen molar-refractivity contribution in [1.29, 1.82) is 0 Å². The van der Waals surface area contributed by atoms with Crippen molar-refractivity contribution in [2.75, 3.05) is 20.3 Å². The minimum absolute atomic E-state index is 0.697. The summed E-state index contributed by atoms with van der Waals surface area (Å²) < 4.78 is 5.10. The van der Waals surface area contributed by atoms with E-state index in [9.17, 15) is 0 Å². The number of rotatable bonds is 4. The third-order valence-electron chi connectivity index (χ3n) is 2.86. The van der Waals surface area contributed by atoms with Crippen LogP contribution >= 0.6 is 0 Å². The Hall–Kier alpha value is -0.0800. The van der Waals surface area contributed by atoms with Crippen molar-refractivity contribution < 1.29 is 4.74 Å². The molecule has 1 rings (SSSR count). The molecule has 0 spiro atoms. The average Bonchev–Trinajstić information content (AvgIpc) is 2.00. The van der Waals surface area contributed by atoms with E-state index in [0.717, 1.165) is 18.6 Å². The van der Waals surface area contributed by atoms with Crippen molar-refractivity contribution in [3.05, 3.63) is 0 Å². The van der Waals surface area contributed by atoms with Gasteiger partial charge in [-0.15, -0.1) is 0 Å². The minimum Gasteiger partial charge on any atom is -0.385 e. The Morgan fingerprint density at radius 2 is 2.17 bits per heavy atom. The van der Waals surface area contributed by atoms with Crippen LogP contribution in [0.4, 0.5) is 0 Å². The normalized spacial score (nSPS) is 30.8. The zero-order chi connectivity index (χ0) is 9.14. The molecule has 1 aliphatic heterocycles. The summed E-state index contributed by atoms with van der Waals surface area (Å²) in [6.45, 7) is 9.04. The van der Waals surface area contributed by atoms with E-state index in [1.165, 1.54) is 13.0 Å². The maximum atomic E-state index is 5.10. The van der Waals surface area contributed by atoms with Crippen molar-refractivity contribution in [3.8, 4) is 0 Å². The van der Waals surface area contributed by atoms with Gasteiger partial charge in [-0.2, -0.15) is 0 Å². The van der Waals surface area contributed by atoms with Crippen LogP contribution in [0.15, 0.2) is 0 Å². The highest BCUT2D eigenvalue weighted by Crippen LogP contribution is 2.28. The first-order valence-electron chi connectivity index (χ1n) is 4.91. The van der Waals surface area contributed by atoms with Crippen LogP contribution < -0.4 is 0 Å². The van der Waals surface area contributed by atoms with Crippen molar-refractivity contribution in [1.82, 2.24) is 4.90 Å². The molecule has 0 saturated carbocycles. The van der Waals surface area contributed by atoms with Crippen LogP contribution in [-0.4, -0.2) is 37.2 Å². The summed E-state index contributed by atoms with van der Waals surface area (Å²) >= 11 is 0. The van der Waals surface area contributed by atoms with E-state index in [-0.39, 0.29) is 0 Å². The molecule has 0 bridgehead atoms. The highest BCUT2D eigenvalue weighted by atomic mass is 16.5. The zero-order valence-electron chi connectivity index (χ0n) is 8.71. The number of ether oxygens (including phenoxy) is 1. The fourth-order valence-electron chi connectivity index (χ4n) is 2.06. The lowest BCUT2D eigenvalue weighted by Gasteiger charge is -2.49. The number of methoxy groups -OCH3 is 1. The molecule has 1 heterocycles. The van der Waals surface area contributed by atoms with Crippen molar-refractivity contribution in [2.24, 2.45) is 5.92 Å². The molecule has 0 aromatic rings. The topological polar surface area (TPSA) is 12.5 Å². The summed E-state index contributed by atoms with van der Waals surface area (Å²) in [5, 5.41) is 0. The summed E-state index contributed by atoms with van der Waals surface area (Å²) in [4.78, 5) is 2.56. The molecule has 0 amide bonds. The maximum Gasteiger partial charge on any atom is 0.0477 e. The Labute approximate surface area is 75.9 Å². The van der Waals surface area contributed by atoms with Gasteiger partial charge in [0.1, 0.15) is 0 Å². The molecule has 0 radical (unpaired) electrons. The maximum absolute atomic E-state index is 5.10. The molecule has 2 unspecified atom stereocenters. The van der Waals surface area contributed by atoms with Gasteiger partial charge < -0.3 is 4.74 Å². The van der Waals surface area contributed by atoms with Crippen molar-refractivity contribution in [2.45, 2.75) is 39.3 Å². The van der Waals surface area contributed by atoms with E-state index < -0.39 is 0 Å². The van der Waals surface area contributed by atoms with Crippen molar-refractivity contribution in [3.63, 3.8) is 0 Å². The molecule has 1 fully saturated rings. The van der Waals surface area contributed by atoms with Gasteiger partial charge in [0.15, 0.2) is 0 Å². The molecule has 2 heteroatoms. The first-order valence-corrected chi connectivity index (χ1v) is 4.91. The minimum atomic E-state index is 0.697. The standard InChI is InChI=1S/C10H21NO/c1-8(2)11-7-9(3)10(11)5-6-12-4/h8-10H,5-7H2,1-4H3. The third-order valence-corrected chi connectivity index (χ3v) is 2.86. The zero-order valence-corrected chi connectivity index (χ0v) is 8.71. The van der Waals surface area contributed by atoms with Crippen LogP contribution in [0.5, 0.6) is 0 Å². The lowest BCUT2D eigenvalue weighted by molar-refractivity contribution is -0.0188. The second kappa shape index (κ2) is 4.24. The first kappa shape index (κ1) is 10.0. The van der Waals surface area contributed by atoms with Gasteiger partial charge in [0.2, 0.25) is 0 Å². The monoisotopic (exact) mass is 171 g/mol. The lowest BCUT2D eigenvalue weighted by atomic mass is 9.87. The largest absolute Gasteiger partial charge is 0.385 e. The highest BCUT2D eigenvalue weighted by molar-refractivity contribution is 4.90. The molecular weight excluding hydrogens is 150 g/mol. The Morgan fingerprint density at radius 1 is 1.50 bits per heavy atom. The molecule has 72 valence electrons. The Bertz CT molecular complexity index is 136. The van der Waals surface area contributed by atoms with E-state index in [1.54, 1.807) is 7.11 Å². The Balaban J connectivity index is 2.29. The summed E-state index contributed by atoms with van der Waals surface area (Å²) in [5.74, 6) is 0.863. The van der Waals surface area contributed by atoms with Gasteiger partial charge in [-0.1, -0.05) is 6.92 Å². The molecule has 0 aliphatic carbocycles. The van der Waals surface area contributed by atoms with E-state index in [0.29, 0.717) is 6.04 Å². The van der Waals surface area contributed by atoms with Gasteiger partial charge in [-0.05, 0) is 26.2 Å². The SMILES string of the molecule is COCCC1C(C)CN1C(C)C. The van der Waals surface area contributed by atoms with Gasteiger partial charge >= 0.3 is 0 Å². The van der Waals surface area contributed by atoms with Gasteiger partial charge in [0.05, 0.1) is 0 Å². The molecule has 0 N–H and O–H groups in total. The number of hydrogen-bond donors (Lipinski definition) is 0. The van der Waals surface area contributed by atoms with Gasteiger partial charge in [0, 0.05) is 32.3 Å². The number of hydrogen-bond acceptors (Lipinski definition) is 2. The van der Waals surface area contributed by atoms with E-state index in [1.807, 2.05) is 0 Å². The molecule has 0 aromatic heterocycles. The second-order valence-corrected chi connectivity index (χ2v) is 4.12. The van der Waals surface area contributed by atoms with E-state index >= 15 is 0 Å². The fourth-order valence-corrected chi connectivity index (χ4v) is 2.06. The van der Waals surface area contributed by atoms with Gasteiger partial charge in [0.25, 0.3) is 0 Å². The van der Waals surface area contributed by atoms with E-state index in [2.05, 4.69) is 25.7 Å². The van der Waals surface area contributed by atoms with Crippen molar-refractivity contribution >= 4 is 0 Å². The molecule has 1 aliphatic rings. The molecular formula is C10H21NO. The quantitative estimate of drug-likeness (QED) is 0.639. The third kappa shape index (κ3) is 1.99. The van der Waals surface area contributed by atoms with Crippen LogP contribution in [0.25, 0.3) is 0 Å². The summed E-state index contributed by atoms with van der Waals surface area (Å²) in [5.41, 5.74) is 0. The van der Waals surface area contributed by atoms with Crippen LogP contribution in [0.2, 0.25) is 0 Å². The highest BCUT2D eigenvalue weighted by Gasteiger charge is 2.36. The number of nitrogens with zero attached hydrogens (tertiary/aromatic N) is 1. The van der Waals surface area contributed by atoms with Gasteiger partial charge in [-0.25, -0.2) is 0 Å². The molecule has 12 heavy (non-hydrogen) atoms. The smallest absolute Gasteiger partial charge is 0.0477 e. The van der Waals surface area contributed by atoms with Crippen LogP contribution in [0.3, 0.4) is 0 Å². The predicted molar refractivity (Wildman–Crippen MR) is 51.3 cm³/mol. The Kier molecular flexibility index (Phi) is 3.53. The van der Waals surface area contributed by atoms with Crippen LogP contribution in [-0.2, 0) is 4.74 Å². The second-order valence-electron chi connectivity index (χ2n) is 4.12. The molecule has 2 atom stereocenters. The first-order chi connectivity index (χ1) is 5.66. The summed E-state index contributed by atoms with van der Waals surface area (Å²) in [6, 6.07) is 1.47. The fraction of sp³-hybridized carbons (Fsp3) is 1.00. The predicted octanol–water partition coefficient (Wildman–Crippen LogP) is 1.75.